The fourth-order valence-electron chi connectivity index (χ4n) is 3.73. The topological polar surface area (TPSA) is 47.1 Å². The molecule has 0 spiro atoms. The fourth-order valence-corrected chi connectivity index (χ4v) is 3.73. The van der Waals surface area contributed by atoms with Crippen LogP contribution < -0.4 is 4.90 Å². The molecule has 2 aliphatic rings. The Morgan fingerprint density at radius 2 is 1.65 bits per heavy atom. The summed E-state index contributed by atoms with van der Waals surface area (Å²) in [4.78, 5) is 32.5. The SMILES string of the molecule is CN(C)C(=O)N1CCC[C@@H](C(=O)N2CCN(c3ccc(F)cc3)CC2)C1. The lowest BCUT2D eigenvalue weighted by Gasteiger charge is -2.40. The molecule has 0 bridgehead atoms. The number of hydrogen-bond donors (Lipinski definition) is 0. The third kappa shape index (κ3) is 4.08. The maximum atomic E-state index is 13.1. The Kier molecular flexibility index (Phi) is 5.64. The molecule has 1 aromatic rings. The quantitative estimate of drug-likeness (QED) is 0.807. The highest BCUT2D eigenvalue weighted by Gasteiger charge is 2.33. The number of rotatable bonds is 2. The minimum atomic E-state index is -0.239. The van der Waals surface area contributed by atoms with Crippen molar-refractivity contribution in [2.45, 2.75) is 12.8 Å². The van der Waals surface area contributed by atoms with Crippen molar-refractivity contribution >= 4 is 17.6 Å². The van der Waals surface area contributed by atoms with Crippen LogP contribution in [0, 0.1) is 11.7 Å². The lowest BCUT2D eigenvalue weighted by Crippen LogP contribution is -2.53. The molecular weight excluding hydrogens is 335 g/mol. The second-order valence-corrected chi connectivity index (χ2v) is 7.25. The Bertz CT molecular complexity index is 641. The van der Waals surface area contributed by atoms with E-state index in [0.29, 0.717) is 19.6 Å². The van der Waals surface area contributed by atoms with Crippen LogP contribution in [0.2, 0.25) is 0 Å². The molecule has 1 atom stereocenters. The molecule has 7 heteroatoms. The molecule has 0 aliphatic carbocycles. The van der Waals surface area contributed by atoms with Crippen LogP contribution >= 0.6 is 0 Å². The second kappa shape index (κ2) is 7.93. The van der Waals surface area contributed by atoms with Crippen molar-refractivity contribution in [3.05, 3.63) is 30.1 Å². The van der Waals surface area contributed by atoms with Gasteiger partial charge in [0.15, 0.2) is 0 Å². The Labute approximate surface area is 154 Å². The largest absolute Gasteiger partial charge is 0.368 e. The molecule has 2 aliphatic heterocycles. The first-order valence-electron chi connectivity index (χ1n) is 9.21. The third-order valence-electron chi connectivity index (χ3n) is 5.21. The number of piperidine rings is 1. The van der Waals surface area contributed by atoms with Gasteiger partial charge in [0.25, 0.3) is 0 Å². The number of benzene rings is 1. The summed E-state index contributed by atoms with van der Waals surface area (Å²) in [6.45, 7) is 4.03. The molecule has 0 N–H and O–H groups in total. The molecule has 0 saturated carbocycles. The van der Waals surface area contributed by atoms with Gasteiger partial charge < -0.3 is 19.6 Å². The Morgan fingerprint density at radius 1 is 1.00 bits per heavy atom. The van der Waals surface area contributed by atoms with Gasteiger partial charge in [-0.1, -0.05) is 0 Å². The van der Waals surface area contributed by atoms with Crippen LogP contribution in [0.25, 0.3) is 0 Å². The third-order valence-corrected chi connectivity index (χ3v) is 5.21. The highest BCUT2D eigenvalue weighted by Crippen LogP contribution is 2.22. The first-order valence-corrected chi connectivity index (χ1v) is 9.21. The van der Waals surface area contributed by atoms with Crippen molar-refractivity contribution in [3.63, 3.8) is 0 Å². The lowest BCUT2D eigenvalue weighted by molar-refractivity contribution is -0.137. The number of piperazine rings is 1. The minimum absolute atomic E-state index is 0.0244. The highest BCUT2D eigenvalue weighted by atomic mass is 19.1. The summed E-state index contributed by atoms with van der Waals surface area (Å²) in [7, 11) is 3.48. The van der Waals surface area contributed by atoms with Crippen molar-refractivity contribution in [1.29, 1.82) is 0 Å². The summed E-state index contributed by atoms with van der Waals surface area (Å²) in [6.07, 6.45) is 1.71. The van der Waals surface area contributed by atoms with E-state index in [1.54, 1.807) is 36.0 Å². The standard InChI is InChI=1S/C19H27FN4O2/c1-21(2)19(26)24-9-3-4-15(14-24)18(25)23-12-10-22(11-13-23)17-7-5-16(20)6-8-17/h5-8,15H,3-4,9-14H2,1-2H3/t15-/m1/s1. The smallest absolute Gasteiger partial charge is 0.319 e. The first kappa shape index (κ1) is 18.5. The Morgan fingerprint density at radius 3 is 2.27 bits per heavy atom. The average Bonchev–Trinajstić information content (AvgIpc) is 2.67. The van der Waals surface area contributed by atoms with E-state index in [9.17, 15) is 14.0 Å². The van der Waals surface area contributed by atoms with E-state index in [1.807, 2.05) is 4.90 Å². The Hall–Kier alpha value is -2.31. The van der Waals surface area contributed by atoms with E-state index < -0.39 is 0 Å². The van der Waals surface area contributed by atoms with Gasteiger partial charge in [-0.3, -0.25) is 4.79 Å². The fraction of sp³-hybridized carbons (Fsp3) is 0.579. The number of amides is 3. The number of anilines is 1. The number of carbonyl (C=O) groups is 2. The summed E-state index contributed by atoms with van der Waals surface area (Å²) in [5.74, 6) is -0.193. The van der Waals surface area contributed by atoms with Gasteiger partial charge in [0.05, 0.1) is 5.92 Å². The number of hydrogen-bond acceptors (Lipinski definition) is 3. The number of likely N-dealkylation sites (tertiary alicyclic amines) is 1. The molecule has 6 nitrogen and oxygen atoms in total. The molecule has 3 amide bonds. The molecule has 142 valence electrons. The molecule has 3 rings (SSSR count). The van der Waals surface area contributed by atoms with Crippen LogP contribution in [0.3, 0.4) is 0 Å². The van der Waals surface area contributed by atoms with Crippen molar-refractivity contribution in [1.82, 2.24) is 14.7 Å². The lowest BCUT2D eigenvalue weighted by atomic mass is 9.96. The van der Waals surface area contributed by atoms with Gasteiger partial charge in [-0.05, 0) is 37.1 Å². The highest BCUT2D eigenvalue weighted by molar-refractivity contribution is 5.81. The monoisotopic (exact) mass is 362 g/mol. The molecule has 1 aromatic carbocycles. The van der Waals surface area contributed by atoms with Gasteiger partial charge >= 0.3 is 6.03 Å². The van der Waals surface area contributed by atoms with E-state index in [4.69, 9.17) is 0 Å². The number of carbonyl (C=O) groups excluding carboxylic acids is 2. The van der Waals surface area contributed by atoms with Gasteiger partial charge in [0, 0.05) is 59.1 Å². The normalized spacial score (nSPS) is 20.9. The zero-order valence-corrected chi connectivity index (χ0v) is 15.5. The maximum absolute atomic E-state index is 13.1. The van der Waals surface area contributed by atoms with E-state index in [-0.39, 0.29) is 23.7 Å². The van der Waals surface area contributed by atoms with Crippen LogP contribution in [0.5, 0.6) is 0 Å². The molecule has 0 aromatic heterocycles. The van der Waals surface area contributed by atoms with Crippen LogP contribution in [0.15, 0.2) is 24.3 Å². The summed E-state index contributed by atoms with van der Waals surface area (Å²) < 4.78 is 13.1. The van der Waals surface area contributed by atoms with Crippen LogP contribution in [-0.2, 0) is 4.79 Å². The van der Waals surface area contributed by atoms with Gasteiger partial charge in [0.1, 0.15) is 5.82 Å². The first-order chi connectivity index (χ1) is 12.5. The van der Waals surface area contributed by atoms with Crippen molar-refractivity contribution in [3.8, 4) is 0 Å². The second-order valence-electron chi connectivity index (χ2n) is 7.25. The van der Waals surface area contributed by atoms with Gasteiger partial charge in [-0.2, -0.15) is 0 Å². The minimum Gasteiger partial charge on any atom is -0.368 e. The number of nitrogens with zero attached hydrogens (tertiary/aromatic N) is 4. The number of urea groups is 1. The van der Waals surface area contributed by atoms with Crippen LogP contribution in [-0.4, -0.2) is 80.0 Å². The van der Waals surface area contributed by atoms with E-state index in [2.05, 4.69) is 4.90 Å². The molecule has 2 saturated heterocycles. The van der Waals surface area contributed by atoms with Crippen LogP contribution in [0.1, 0.15) is 12.8 Å². The zero-order chi connectivity index (χ0) is 18.7. The zero-order valence-electron chi connectivity index (χ0n) is 15.5. The van der Waals surface area contributed by atoms with Gasteiger partial charge in [-0.25, -0.2) is 9.18 Å². The Balaban J connectivity index is 1.54. The summed E-state index contributed by atoms with van der Waals surface area (Å²) in [6, 6.07) is 6.46. The van der Waals surface area contributed by atoms with Crippen molar-refractivity contribution < 1.29 is 14.0 Å². The van der Waals surface area contributed by atoms with E-state index >= 15 is 0 Å². The molecule has 0 radical (unpaired) electrons. The number of halogens is 1. The van der Waals surface area contributed by atoms with Gasteiger partial charge in [0.2, 0.25) is 5.91 Å². The van der Waals surface area contributed by atoms with Crippen LogP contribution in [0.4, 0.5) is 14.9 Å². The molecule has 2 fully saturated rings. The van der Waals surface area contributed by atoms with Crippen molar-refractivity contribution in [2.24, 2.45) is 5.92 Å². The molecule has 2 heterocycles. The molecule has 0 unspecified atom stereocenters. The predicted octanol–water partition coefficient (Wildman–Crippen LogP) is 1.87. The average molecular weight is 362 g/mol. The maximum Gasteiger partial charge on any atom is 0.319 e. The summed E-state index contributed by atoms with van der Waals surface area (Å²) >= 11 is 0. The molecule has 26 heavy (non-hydrogen) atoms. The summed E-state index contributed by atoms with van der Waals surface area (Å²) in [5, 5.41) is 0. The summed E-state index contributed by atoms with van der Waals surface area (Å²) in [5.41, 5.74) is 0.985. The van der Waals surface area contributed by atoms with E-state index in [0.717, 1.165) is 38.2 Å². The predicted molar refractivity (Wildman–Crippen MR) is 98.6 cm³/mol. The molecular formula is C19H27FN4O2. The van der Waals surface area contributed by atoms with E-state index in [1.165, 1.54) is 12.1 Å². The van der Waals surface area contributed by atoms with Gasteiger partial charge in [-0.15, -0.1) is 0 Å². The van der Waals surface area contributed by atoms with Crippen molar-refractivity contribution in [2.75, 3.05) is 58.3 Å².